The first-order valence-corrected chi connectivity index (χ1v) is 6.37. The third-order valence-corrected chi connectivity index (χ3v) is 3.59. The molecule has 0 spiro atoms. The van der Waals surface area contributed by atoms with Crippen LogP contribution in [0.1, 0.15) is 26.7 Å². The summed E-state index contributed by atoms with van der Waals surface area (Å²) in [5, 5.41) is 23.1. The molecule has 0 aliphatic heterocycles. The quantitative estimate of drug-likeness (QED) is 0.453. The van der Waals surface area contributed by atoms with Crippen LogP contribution in [0.4, 0.5) is 11.5 Å². The van der Waals surface area contributed by atoms with Crippen molar-refractivity contribution in [1.29, 1.82) is 0 Å². The van der Waals surface area contributed by atoms with Crippen LogP contribution in [0.25, 0.3) is 0 Å². The topological polar surface area (TPSA) is 101 Å². The van der Waals surface area contributed by atoms with Crippen molar-refractivity contribution in [2.75, 3.05) is 18.5 Å². The molecule has 0 amide bonds. The van der Waals surface area contributed by atoms with E-state index in [1.54, 1.807) is 0 Å². The second kappa shape index (κ2) is 6.63. The van der Waals surface area contributed by atoms with Crippen molar-refractivity contribution in [3.63, 3.8) is 0 Å². The molecule has 1 aromatic rings. The Bertz CT molecular complexity index is 443. The average Bonchev–Trinajstić information content (AvgIpc) is 2.40. The highest BCUT2D eigenvalue weighted by Gasteiger charge is 2.27. The Morgan fingerprint density at radius 1 is 1.53 bits per heavy atom. The van der Waals surface area contributed by atoms with E-state index in [1.807, 2.05) is 13.8 Å². The molecule has 0 aliphatic rings. The molecule has 7 nitrogen and oxygen atoms in total. The van der Waals surface area contributed by atoms with Gasteiger partial charge in [0.25, 0.3) is 0 Å². The van der Waals surface area contributed by atoms with Gasteiger partial charge in [0, 0.05) is 12.0 Å². The molecule has 0 unspecified atom stereocenters. The summed E-state index contributed by atoms with van der Waals surface area (Å²) in [5.74, 6) is 0.0738. The second-order valence-electron chi connectivity index (χ2n) is 4.35. The van der Waals surface area contributed by atoms with Crippen LogP contribution < -0.4 is 5.32 Å². The van der Waals surface area contributed by atoms with Gasteiger partial charge in [-0.05, 0) is 24.4 Å². The van der Waals surface area contributed by atoms with Gasteiger partial charge in [-0.2, -0.15) is 4.98 Å². The van der Waals surface area contributed by atoms with Gasteiger partial charge in [0.1, 0.15) is 6.20 Å². The van der Waals surface area contributed by atoms with E-state index in [4.69, 9.17) is 11.6 Å². The third kappa shape index (κ3) is 3.74. The Morgan fingerprint density at radius 3 is 2.63 bits per heavy atom. The highest BCUT2D eigenvalue weighted by molar-refractivity contribution is 6.28. The maximum atomic E-state index is 10.9. The van der Waals surface area contributed by atoms with Crippen molar-refractivity contribution in [3.8, 4) is 0 Å². The van der Waals surface area contributed by atoms with E-state index in [0.29, 0.717) is 6.54 Å². The van der Waals surface area contributed by atoms with Gasteiger partial charge in [-0.3, -0.25) is 10.1 Å². The van der Waals surface area contributed by atoms with Crippen molar-refractivity contribution < 1.29 is 10.0 Å². The molecule has 19 heavy (non-hydrogen) atoms. The Labute approximate surface area is 116 Å². The minimum Gasteiger partial charge on any atom is -0.396 e. The Kier molecular flexibility index (Phi) is 5.44. The van der Waals surface area contributed by atoms with Gasteiger partial charge in [0.05, 0.1) is 11.5 Å². The lowest BCUT2D eigenvalue weighted by atomic mass is 9.83. The standard InChI is InChI=1S/C11H17ClN4O3/c1-3-11(4-2,7-17)6-14-9-8(16(18)19)5-13-10(12)15-9/h5,17H,3-4,6-7H2,1-2H3,(H,13,14,15). The normalized spacial score (nSPS) is 11.4. The van der Waals surface area contributed by atoms with Crippen LogP contribution in [0.2, 0.25) is 5.28 Å². The maximum Gasteiger partial charge on any atom is 0.329 e. The molecular weight excluding hydrogens is 272 g/mol. The molecule has 0 saturated heterocycles. The fourth-order valence-corrected chi connectivity index (χ4v) is 1.80. The minimum atomic E-state index is -0.572. The minimum absolute atomic E-state index is 0.000384. The number of aromatic nitrogens is 2. The molecule has 2 N–H and O–H groups in total. The molecule has 106 valence electrons. The summed E-state index contributed by atoms with van der Waals surface area (Å²) in [7, 11) is 0. The summed E-state index contributed by atoms with van der Waals surface area (Å²) >= 11 is 5.64. The molecular formula is C11H17ClN4O3. The number of aliphatic hydroxyl groups is 1. The van der Waals surface area contributed by atoms with E-state index in [1.165, 1.54) is 0 Å². The number of nitro groups is 1. The number of hydrogen-bond donors (Lipinski definition) is 2. The number of aliphatic hydroxyl groups excluding tert-OH is 1. The average molecular weight is 289 g/mol. The van der Waals surface area contributed by atoms with Gasteiger partial charge in [-0.15, -0.1) is 0 Å². The van der Waals surface area contributed by atoms with E-state index >= 15 is 0 Å². The second-order valence-corrected chi connectivity index (χ2v) is 4.69. The molecule has 8 heteroatoms. The smallest absolute Gasteiger partial charge is 0.329 e. The molecule has 0 fully saturated rings. The number of anilines is 1. The molecule has 0 radical (unpaired) electrons. The Hall–Kier alpha value is -1.47. The first-order valence-electron chi connectivity index (χ1n) is 5.99. The number of nitrogens with one attached hydrogen (secondary N) is 1. The van der Waals surface area contributed by atoms with Crippen molar-refractivity contribution in [2.24, 2.45) is 5.41 Å². The zero-order valence-corrected chi connectivity index (χ0v) is 11.6. The highest BCUT2D eigenvalue weighted by Crippen LogP contribution is 2.28. The molecule has 0 saturated carbocycles. The Balaban J connectivity index is 2.93. The summed E-state index contributed by atoms with van der Waals surface area (Å²) in [5.41, 5.74) is -0.561. The molecule has 1 heterocycles. The van der Waals surface area contributed by atoms with E-state index in [2.05, 4.69) is 15.3 Å². The summed E-state index contributed by atoms with van der Waals surface area (Å²) in [4.78, 5) is 17.7. The highest BCUT2D eigenvalue weighted by atomic mass is 35.5. The summed E-state index contributed by atoms with van der Waals surface area (Å²) < 4.78 is 0. The molecule has 1 rings (SSSR count). The van der Waals surface area contributed by atoms with Crippen molar-refractivity contribution >= 4 is 23.1 Å². The zero-order chi connectivity index (χ0) is 14.5. The summed E-state index contributed by atoms with van der Waals surface area (Å²) in [6.45, 7) is 4.30. The van der Waals surface area contributed by atoms with Crippen LogP contribution in [-0.4, -0.2) is 33.1 Å². The lowest BCUT2D eigenvalue weighted by molar-refractivity contribution is -0.384. The monoisotopic (exact) mass is 288 g/mol. The SMILES string of the molecule is CCC(CC)(CO)CNc1nc(Cl)ncc1[N+](=O)[O-]. The van der Waals surface area contributed by atoms with E-state index in [0.717, 1.165) is 19.0 Å². The molecule has 0 aromatic carbocycles. The maximum absolute atomic E-state index is 10.9. The first-order chi connectivity index (χ1) is 8.98. The van der Waals surface area contributed by atoms with E-state index in [-0.39, 0.29) is 28.8 Å². The van der Waals surface area contributed by atoms with Crippen LogP contribution >= 0.6 is 11.6 Å². The number of rotatable bonds is 7. The Morgan fingerprint density at radius 2 is 2.16 bits per heavy atom. The fraction of sp³-hybridized carbons (Fsp3) is 0.636. The fourth-order valence-electron chi connectivity index (χ4n) is 1.67. The van der Waals surface area contributed by atoms with Gasteiger partial charge in [0.2, 0.25) is 11.1 Å². The van der Waals surface area contributed by atoms with Crippen LogP contribution in [0.15, 0.2) is 6.20 Å². The summed E-state index contributed by atoms with van der Waals surface area (Å²) in [6.07, 6.45) is 2.56. The van der Waals surface area contributed by atoms with Gasteiger partial charge in [-0.1, -0.05) is 13.8 Å². The van der Waals surface area contributed by atoms with Gasteiger partial charge < -0.3 is 10.4 Å². The van der Waals surface area contributed by atoms with Crippen molar-refractivity contribution in [2.45, 2.75) is 26.7 Å². The number of hydrogen-bond acceptors (Lipinski definition) is 6. The van der Waals surface area contributed by atoms with E-state index in [9.17, 15) is 15.2 Å². The van der Waals surface area contributed by atoms with Gasteiger partial charge in [-0.25, -0.2) is 4.98 Å². The van der Waals surface area contributed by atoms with Crippen LogP contribution in [0.5, 0.6) is 0 Å². The first kappa shape index (κ1) is 15.6. The van der Waals surface area contributed by atoms with Crippen LogP contribution in [0, 0.1) is 15.5 Å². The molecule has 1 aromatic heterocycles. The number of nitrogens with zero attached hydrogens (tertiary/aromatic N) is 3. The lowest BCUT2D eigenvalue weighted by Crippen LogP contribution is -2.32. The molecule has 0 aliphatic carbocycles. The van der Waals surface area contributed by atoms with Gasteiger partial charge >= 0.3 is 5.69 Å². The van der Waals surface area contributed by atoms with Crippen LogP contribution in [-0.2, 0) is 0 Å². The van der Waals surface area contributed by atoms with Crippen molar-refractivity contribution in [1.82, 2.24) is 9.97 Å². The molecule has 0 atom stereocenters. The van der Waals surface area contributed by atoms with Crippen molar-refractivity contribution in [3.05, 3.63) is 21.6 Å². The van der Waals surface area contributed by atoms with Gasteiger partial charge in [0.15, 0.2) is 0 Å². The predicted octanol–water partition coefficient (Wildman–Crippen LogP) is 2.25. The largest absolute Gasteiger partial charge is 0.396 e. The third-order valence-electron chi connectivity index (χ3n) is 3.40. The van der Waals surface area contributed by atoms with Crippen LogP contribution in [0.3, 0.4) is 0 Å². The van der Waals surface area contributed by atoms with E-state index < -0.39 is 4.92 Å². The molecule has 0 bridgehead atoms. The lowest BCUT2D eigenvalue weighted by Gasteiger charge is -2.29. The predicted molar refractivity (Wildman–Crippen MR) is 72.3 cm³/mol. The summed E-state index contributed by atoms with van der Waals surface area (Å²) in [6, 6.07) is 0. The number of halogens is 1. The zero-order valence-electron chi connectivity index (χ0n) is 10.9.